The van der Waals surface area contributed by atoms with E-state index in [9.17, 15) is 0 Å². The van der Waals surface area contributed by atoms with Gasteiger partial charge in [-0.05, 0) is 46.5 Å². The second-order valence-electron chi connectivity index (χ2n) is 6.64. The Morgan fingerprint density at radius 1 is 1.44 bits per heavy atom. The van der Waals surface area contributed by atoms with Crippen molar-refractivity contribution in [3.63, 3.8) is 0 Å². The van der Waals surface area contributed by atoms with Crippen molar-refractivity contribution >= 4 is 0 Å². The van der Waals surface area contributed by atoms with Crippen LogP contribution in [0.5, 0.6) is 0 Å². The fourth-order valence-electron chi connectivity index (χ4n) is 3.06. The van der Waals surface area contributed by atoms with E-state index in [1.165, 1.54) is 12.8 Å². The summed E-state index contributed by atoms with van der Waals surface area (Å²) in [6.07, 6.45) is 2.95. The Labute approximate surface area is 99.3 Å². The van der Waals surface area contributed by atoms with Gasteiger partial charge in [0.15, 0.2) is 0 Å². The smallest absolute Gasteiger partial charge is 0.0757 e. The molecule has 2 rings (SSSR count). The molecule has 2 atom stereocenters. The predicted octanol–water partition coefficient (Wildman–Crippen LogP) is 1.61. The fraction of sp³-hybridized carbons (Fsp3) is 1.00. The van der Waals surface area contributed by atoms with Crippen LogP contribution in [0.15, 0.2) is 0 Å². The Balaban J connectivity index is 1.93. The predicted molar refractivity (Wildman–Crippen MR) is 66.4 cm³/mol. The molecule has 0 bridgehead atoms. The van der Waals surface area contributed by atoms with E-state index in [0.29, 0.717) is 6.10 Å². The number of rotatable bonds is 3. The Hall–Kier alpha value is -0.120. The van der Waals surface area contributed by atoms with Crippen LogP contribution in [0.25, 0.3) is 0 Å². The third kappa shape index (κ3) is 2.96. The highest BCUT2D eigenvalue weighted by Gasteiger charge is 2.41. The fourth-order valence-corrected chi connectivity index (χ4v) is 3.06. The van der Waals surface area contributed by atoms with Crippen molar-refractivity contribution in [1.29, 1.82) is 0 Å². The van der Waals surface area contributed by atoms with Crippen LogP contribution in [0.1, 0.15) is 40.5 Å². The van der Waals surface area contributed by atoms with Gasteiger partial charge in [0.25, 0.3) is 0 Å². The minimum absolute atomic E-state index is 0.00681. The number of morpholine rings is 1. The highest BCUT2D eigenvalue weighted by atomic mass is 16.5. The molecule has 2 aliphatic rings. The second-order valence-corrected chi connectivity index (χ2v) is 6.64. The normalized spacial score (nSPS) is 34.7. The van der Waals surface area contributed by atoms with Gasteiger partial charge in [-0.3, -0.25) is 4.90 Å². The molecule has 0 aromatic heterocycles. The van der Waals surface area contributed by atoms with Gasteiger partial charge in [-0.2, -0.15) is 0 Å². The Morgan fingerprint density at radius 3 is 2.56 bits per heavy atom. The first kappa shape index (κ1) is 12.3. The van der Waals surface area contributed by atoms with E-state index in [-0.39, 0.29) is 11.1 Å². The SMILES string of the molecule is CC1CN(CC(C)(N)C2CC2)CC(C)(C)O1. The van der Waals surface area contributed by atoms with Crippen LogP contribution in [0.2, 0.25) is 0 Å². The quantitative estimate of drug-likeness (QED) is 0.794. The van der Waals surface area contributed by atoms with Gasteiger partial charge in [0, 0.05) is 25.2 Å². The first-order valence-electron chi connectivity index (χ1n) is 6.48. The minimum atomic E-state index is -0.0305. The summed E-state index contributed by atoms with van der Waals surface area (Å²) in [6, 6.07) is 0. The largest absolute Gasteiger partial charge is 0.370 e. The maximum absolute atomic E-state index is 6.40. The van der Waals surface area contributed by atoms with Crippen molar-refractivity contribution in [3.8, 4) is 0 Å². The molecule has 1 heterocycles. The molecule has 0 aromatic rings. The molecule has 1 saturated heterocycles. The highest BCUT2D eigenvalue weighted by Crippen LogP contribution is 2.38. The molecule has 0 aromatic carbocycles. The average Bonchev–Trinajstić information content (AvgIpc) is 2.77. The first-order chi connectivity index (χ1) is 7.28. The molecule has 0 spiro atoms. The second kappa shape index (κ2) is 3.97. The van der Waals surface area contributed by atoms with Gasteiger partial charge in [-0.25, -0.2) is 0 Å². The lowest BCUT2D eigenvalue weighted by molar-refractivity contribution is -0.131. The van der Waals surface area contributed by atoms with Crippen molar-refractivity contribution in [2.45, 2.75) is 57.8 Å². The van der Waals surface area contributed by atoms with Crippen molar-refractivity contribution in [2.75, 3.05) is 19.6 Å². The van der Waals surface area contributed by atoms with Gasteiger partial charge in [-0.15, -0.1) is 0 Å². The summed E-state index contributed by atoms with van der Waals surface area (Å²) in [5, 5.41) is 0. The third-order valence-corrected chi connectivity index (χ3v) is 3.71. The summed E-state index contributed by atoms with van der Waals surface area (Å²) in [5.41, 5.74) is 6.37. The number of hydrogen-bond donors (Lipinski definition) is 1. The number of ether oxygens (including phenoxy) is 1. The number of nitrogens with two attached hydrogens (primary N) is 1. The van der Waals surface area contributed by atoms with Crippen molar-refractivity contribution in [3.05, 3.63) is 0 Å². The molecule has 1 aliphatic heterocycles. The Morgan fingerprint density at radius 2 is 2.06 bits per heavy atom. The molecule has 94 valence electrons. The molecule has 2 N–H and O–H groups in total. The van der Waals surface area contributed by atoms with Crippen LogP contribution in [0.3, 0.4) is 0 Å². The van der Waals surface area contributed by atoms with Gasteiger partial charge in [-0.1, -0.05) is 0 Å². The lowest BCUT2D eigenvalue weighted by atomic mass is 9.95. The van der Waals surface area contributed by atoms with Crippen LogP contribution in [0.4, 0.5) is 0 Å². The van der Waals surface area contributed by atoms with Gasteiger partial charge >= 0.3 is 0 Å². The zero-order valence-electron chi connectivity index (χ0n) is 11.1. The summed E-state index contributed by atoms with van der Waals surface area (Å²) < 4.78 is 5.91. The summed E-state index contributed by atoms with van der Waals surface area (Å²) in [5.74, 6) is 0.744. The van der Waals surface area contributed by atoms with E-state index in [1.807, 2.05) is 0 Å². The maximum atomic E-state index is 6.40. The van der Waals surface area contributed by atoms with Crippen LogP contribution in [-0.4, -0.2) is 41.8 Å². The lowest BCUT2D eigenvalue weighted by Gasteiger charge is -2.44. The van der Waals surface area contributed by atoms with Gasteiger partial charge in [0.2, 0.25) is 0 Å². The van der Waals surface area contributed by atoms with Crippen LogP contribution in [-0.2, 0) is 4.74 Å². The van der Waals surface area contributed by atoms with E-state index in [2.05, 4.69) is 32.6 Å². The molecule has 0 amide bonds. The Bertz CT molecular complexity index is 259. The van der Waals surface area contributed by atoms with Gasteiger partial charge < -0.3 is 10.5 Å². The zero-order valence-corrected chi connectivity index (χ0v) is 11.1. The summed E-state index contributed by atoms with van der Waals surface area (Å²) >= 11 is 0. The van der Waals surface area contributed by atoms with E-state index < -0.39 is 0 Å². The summed E-state index contributed by atoms with van der Waals surface area (Å²) in [4.78, 5) is 2.48. The van der Waals surface area contributed by atoms with E-state index >= 15 is 0 Å². The van der Waals surface area contributed by atoms with Crippen LogP contribution in [0, 0.1) is 5.92 Å². The van der Waals surface area contributed by atoms with E-state index in [0.717, 1.165) is 25.6 Å². The minimum Gasteiger partial charge on any atom is -0.370 e. The molecule has 0 radical (unpaired) electrons. The zero-order chi connectivity index (χ0) is 12.0. The summed E-state index contributed by atoms with van der Waals surface area (Å²) in [7, 11) is 0. The first-order valence-corrected chi connectivity index (χ1v) is 6.48. The van der Waals surface area contributed by atoms with E-state index in [4.69, 9.17) is 10.5 Å². The highest BCUT2D eigenvalue weighted by molar-refractivity contribution is 4.98. The van der Waals surface area contributed by atoms with Crippen molar-refractivity contribution in [1.82, 2.24) is 4.90 Å². The topological polar surface area (TPSA) is 38.5 Å². The molecular weight excluding hydrogens is 200 g/mol. The molecule has 2 fully saturated rings. The summed E-state index contributed by atoms with van der Waals surface area (Å²) in [6.45, 7) is 11.7. The van der Waals surface area contributed by atoms with Crippen molar-refractivity contribution < 1.29 is 4.74 Å². The standard InChI is InChI=1S/C13H26N2O/c1-10-7-15(8-12(2,3)16-10)9-13(4,14)11-5-6-11/h10-11H,5-9,14H2,1-4H3. The molecule has 1 saturated carbocycles. The van der Waals surface area contributed by atoms with E-state index in [1.54, 1.807) is 0 Å². The molecule has 16 heavy (non-hydrogen) atoms. The van der Waals surface area contributed by atoms with Gasteiger partial charge in [0.1, 0.15) is 0 Å². The van der Waals surface area contributed by atoms with Crippen LogP contribution < -0.4 is 5.73 Å². The molecular formula is C13H26N2O. The molecule has 2 unspecified atom stereocenters. The van der Waals surface area contributed by atoms with Crippen LogP contribution >= 0.6 is 0 Å². The third-order valence-electron chi connectivity index (χ3n) is 3.71. The maximum Gasteiger partial charge on any atom is 0.0757 e. The Kier molecular flexibility index (Phi) is 3.06. The lowest BCUT2D eigenvalue weighted by Crippen LogP contribution is -2.58. The van der Waals surface area contributed by atoms with Gasteiger partial charge in [0.05, 0.1) is 11.7 Å². The molecule has 3 heteroatoms. The average molecular weight is 226 g/mol. The van der Waals surface area contributed by atoms with Crippen molar-refractivity contribution in [2.24, 2.45) is 11.7 Å². The molecule has 1 aliphatic carbocycles. The molecule has 3 nitrogen and oxygen atoms in total. The number of nitrogens with zero attached hydrogens (tertiary/aromatic N) is 1. The number of hydrogen-bond acceptors (Lipinski definition) is 3. The monoisotopic (exact) mass is 226 g/mol.